The van der Waals surface area contributed by atoms with Crippen molar-refractivity contribution in [2.45, 2.75) is 31.6 Å². The third-order valence-corrected chi connectivity index (χ3v) is 3.47. The lowest BCUT2D eigenvalue weighted by Gasteiger charge is -2.25. The van der Waals surface area contributed by atoms with E-state index >= 15 is 0 Å². The standard InChI is InChI=1S/C15H18N2O2/c18-14-6-7-19-15(8-14)13-9-16-17(11-13)10-12-4-2-1-3-5-12/h1-5,9,11,14-15,18H,6-8,10H2. The van der Waals surface area contributed by atoms with Gasteiger partial charge in [-0.25, -0.2) is 0 Å². The Kier molecular flexibility index (Phi) is 3.62. The molecule has 3 rings (SSSR count). The summed E-state index contributed by atoms with van der Waals surface area (Å²) in [6, 6.07) is 10.2. The van der Waals surface area contributed by atoms with Crippen LogP contribution in [0.3, 0.4) is 0 Å². The zero-order valence-corrected chi connectivity index (χ0v) is 10.8. The van der Waals surface area contributed by atoms with Gasteiger partial charge >= 0.3 is 0 Å². The summed E-state index contributed by atoms with van der Waals surface area (Å²) in [5.41, 5.74) is 2.27. The number of nitrogens with zero attached hydrogens (tertiary/aromatic N) is 2. The second-order valence-corrected chi connectivity index (χ2v) is 4.99. The van der Waals surface area contributed by atoms with E-state index in [2.05, 4.69) is 17.2 Å². The van der Waals surface area contributed by atoms with Gasteiger partial charge in [-0.2, -0.15) is 5.10 Å². The van der Waals surface area contributed by atoms with Gasteiger partial charge in [-0.05, 0) is 12.0 Å². The quantitative estimate of drug-likeness (QED) is 0.917. The number of aliphatic hydroxyl groups is 1. The Morgan fingerprint density at radius 3 is 2.95 bits per heavy atom. The van der Waals surface area contributed by atoms with E-state index < -0.39 is 0 Å². The maximum atomic E-state index is 9.68. The van der Waals surface area contributed by atoms with Crippen LogP contribution in [0.5, 0.6) is 0 Å². The fourth-order valence-corrected chi connectivity index (χ4v) is 2.41. The fourth-order valence-electron chi connectivity index (χ4n) is 2.41. The van der Waals surface area contributed by atoms with Crippen LogP contribution in [0.4, 0.5) is 0 Å². The largest absolute Gasteiger partial charge is 0.393 e. The number of ether oxygens (including phenoxy) is 1. The zero-order valence-electron chi connectivity index (χ0n) is 10.8. The summed E-state index contributed by atoms with van der Waals surface area (Å²) in [6.45, 7) is 1.38. The predicted octanol–water partition coefficient (Wildman–Crippen LogP) is 2.14. The summed E-state index contributed by atoms with van der Waals surface area (Å²) < 4.78 is 7.60. The van der Waals surface area contributed by atoms with Crippen molar-refractivity contribution in [1.82, 2.24) is 9.78 Å². The zero-order chi connectivity index (χ0) is 13.1. The van der Waals surface area contributed by atoms with E-state index in [9.17, 15) is 5.11 Å². The number of hydrogen-bond acceptors (Lipinski definition) is 3. The molecular weight excluding hydrogens is 240 g/mol. The highest BCUT2D eigenvalue weighted by Crippen LogP contribution is 2.27. The molecule has 1 aliphatic rings. The highest BCUT2D eigenvalue weighted by Gasteiger charge is 2.23. The van der Waals surface area contributed by atoms with Crippen molar-refractivity contribution < 1.29 is 9.84 Å². The van der Waals surface area contributed by atoms with E-state index in [1.54, 1.807) is 0 Å². The lowest BCUT2D eigenvalue weighted by atomic mass is 10.0. The van der Waals surface area contributed by atoms with Crippen LogP contribution in [0.1, 0.15) is 30.1 Å². The van der Waals surface area contributed by atoms with Crippen LogP contribution in [0, 0.1) is 0 Å². The molecule has 1 aliphatic heterocycles. The molecule has 4 nitrogen and oxygen atoms in total. The molecule has 0 aliphatic carbocycles. The second kappa shape index (κ2) is 5.55. The van der Waals surface area contributed by atoms with Crippen molar-refractivity contribution in [3.63, 3.8) is 0 Å². The van der Waals surface area contributed by atoms with Gasteiger partial charge in [0.05, 0.1) is 24.9 Å². The summed E-state index contributed by atoms with van der Waals surface area (Å²) in [7, 11) is 0. The molecule has 2 heterocycles. The van der Waals surface area contributed by atoms with Gasteiger partial charge in [0.2, 0.25) is 0 Å². The molecule has 2 unspecified atom stereocenters. The van der Waals surface area contributed by atoms with Gasteiger partial charge in [0.1, 0.15) is 0 Å². The molecule has 4 heteroatoms. The highest BCUT2D eigenvalue weighted by atomic mass is 16.5. The third kappa shape index (κ3) is 3.03. The summed E-state index contributed by atoms with van der Waals surface area (Å²) in [5, 5.41) is 14.0. The van der Waals surface area contributed by atoms with Gasteiger partial charge in [0.15, 0.2) is 0 Å². The van der Waals surface area contributed by atoms with Crippen LogP contribution in [-0.2, 0) is 11.3 Å². The molecule has 1 N–H and O–H groups in total. The number of hydrogen-bond donors (Lipinski definition) is 1. The summed E-state index contributed by atoms with van der Waals surface area (Å²) in [5.74, 6) is 0. The minimum Gasteiger partial charge on any atom is -0.393 e. The number of aromatic nitrogens is 2. The molecule has 0 bridgehead atoms. The number of aliphatic hydroxyl groups excluding tert-OH is 1. The van der Waals surface area contributed by atoms with Crippen LogP contribution in [-0.4, -0.2) is 27.6 Å². The van der Waals surface area contributed by atoms with Crippen molar-refractivity contribution in [3.8, 4) is 0 Å². The molecule has 1 aromatic heterocycles. The second-order valence-electron chi connectivity index (χ2n) is 4.99. The third-order valence-electron chi connectivity index (χ3n) is 3.47. The van der Waals surface area contributed by atoms with Crippen molar-refractivity contribution in [2.24, 2.45) is 0 Å². The first-order valence-corrected chi connectivity index (χ1v) is 6.67. The molecular formula is C15H18N2O2. The smallest absolute Gasteiger partial charge is 0.0880 e. The Hall–Kier alpha value is -1.65. The molecule has 19 heavy (non-hydrogen) atoms. The molecule has 0 radical (unpaired) electrons. The molecule has 0 saturated carbocycles. The average molecular weight is 258 g/mol. The van der Waals surface area contributed by atoms with Crippen molar-refractivity contribution in [2.75, 3.05) is 6.61 Å². The van der Waals surface area contributed by atoms with Gasteiger partial charge in [-0.1, -0.05) is 30.3 Å². The molecule has 1 fully saturated rings. The molecule has 2 aromatic rings. The van der Waals surface area contributed by atoms with Crippen LogP contribution in [0.15, 0.2) is 42.7 Å². The first-order chi connectivity index (χ1) is 9.31. The van der Waals surface area contributed by atoms with E-state index in [0.717, 1.165) is 18.5 Å². The van der Waals surface area contributed by atoms with Crippen molar-refractivity contribution >= 4 is 0 Å². The van der Waals surface area contributed by atoms with E-state index in [1.807, 2.05) is 35.3 Å². The Morgan fingerprint density at radius 2 is 2.16 bits per heavy atom. The van der Waals surface area contributed by atoms with Gasteiger partial charge < -0.3 is 9.84 Å². The first kappa shape index (κ1) is 12.4. The van der Waals surface area contributed by atoms with Crippen LogP contribution >= 0.6 is 0 Å². The first-order valence-electron chi connectivity index (χ1n) is 6.67. The van der Waals surface area contributed by atoms with Crippen LogP contribution < -0.4 is 0 Å². The van der Waals surface area contributed by atoms with Crippen LogP contribution in [0.25, 0.3) is 0 Å². The summed E-state index contributed by atoms with van der Waals surface area (Å²) in [4.78, 5) is 0. The highest BCUT2D eigenvalue weighted by molar-refractivity contribution is 5.16. The lowest BCUT2D eigenvalue weighted by Crippen LogP contribution is -2.23. The molecule has 100 valence electrons. The molecule has 1 aromatic carbocycles. The van der Waals surface area contributed by atoms with Crippen LogP contribution in [0.2, 0.25) is 0 Å². The van der Waals surface area contributed by atoms with Crippen molar-refractivity contribution in [1.29, 1.82) is 0 Å². The Bertz CT molecular complexity index is 524. The van der Waals surface area contributed by atoms with E-state index in [0.29, 0.717) is 13.0 Å². The SMILES string of the molecule is OC1CCOC(c2cnn(Cc3ccccc3)c2)C1. The van der Waals surface area contributed by atoms with Gasteiger partial charge in [-0.15, -0.1) is 0 Å². The monoisotopic (exact) mass is 258 g/mol. The van der Waals surface area contributed by atoms with E-state index in [4.69, 9.17) is 4.74 Å². The van der Waals surface area contributed by atoms with E-state index in [-0.39, 0.29) is 12.2 Å². The Balaban J connectivity index is 1.69. The number of rotatable bonds is 3. The Labute approximate surface area is 112 Å². The van der Waals surface area contributed by atoms with Crippen molar-refractivity contribution in [3.05, 3.63) is 53.9 Å². The Morgan fingerprint density at radius 1 is 1.32 bits per heavy atom. The number of benzene rings is 1. The topological polar surface area (TPSA) is 47.3 Å². The maximum absolute atomic E-state index is 9.68. The average Bonchev–Trinajstić information content (AvgIpc) is 2.88. The minimum absolute atomic E-state index is 0.0201. The predicted molar refractivity (Wildman–Crippen MR) is 71.7 cm³/mol. The molecule has 1 saturated heterocycles. The van der Waals surface area contributed by atoms with Gasteiger partial charge in [-0.3, -0.25) is 4.68 Å². The maximum Gasteiger partial charge on any atom is 0.0880 e. The van der Waals surface area contributed by atoms with E-state index in [1.165, 1.54) is 5.56 Å². The van der Waals surface area contributed by atoms with Gasteiger partial charge in [0.25, 0.3) is 0 Å². The summed E-state index contributed by atoms with van der Waals surface area (Å²) >= 11 is 0. The molecule has 0 amide bonds. The minimum atomic E-state index is -0.253. The normalized spacial score (nSPS) is 23.4. The molecule has 0 spiro atoms. The lowest BCUT2D eigenvalue weighted by molar-refractivity contribution is -0.0448. The van der Waals surface area contributed by atoms with Gasteiger partial charge in [0, 0.05) is 24.8 Å². The molecule has 2 atom stereocenters. The summed E-state index contributed by atoms with van der Waals surface area (Å²) in [6.07, 6.45) is 4.97. The fraction of sp³-hybridized carbons (Fsp3) is 0.400.